The molecule has 0 radical (unpaired) electrons. The van der Waals surface area contributed by atoms with E-state index in [9.17, 15) is 9.18 Å². The number of aromatic nitrogens is 6. The van der Waals surface area contributed by atoms with Crippen LogP contribution in [0.15, 0.2) is 40.2 Å². The lowest BCUT2D eigenvalue weighted by molar-refractivity contribution is 0.363. The Morgan fingerprint density at radius 1 is 1.16 bits per heavy atom. The predicted molar refractivity (Wildman–Crippen MR) is 109 cm³/mol. The van der Waals surface area contributed by atoms with Crippen molar-refractivity contribution in [2.75, 3.05) is 18.0 Å². The third-order valence-electron chi connectivity index (χ3n) is 6.37. The second-order valence-electron chi connectivity index (χ2n) is 8.50. The van der Waals surface area contributed by atoms with Crippen LogP contribution in [0.4, 0.5) is 10.1 Å². The molecule has 1 saturated carbocycles. The molecule has 0 N–H and O–H groups in total. The van der Waals surface area contributed by atoms with E-state index >= 15 is 0 Å². The molecule has 2 fully saturated rings. The van der Waals surface area contributed by atoms with Crippen LogP contribution >= 0.6 is 0 Å². The monoisotopic (exact) mass is 421 g/mol. The summed E-state index contributed by atoms with van der Waals surface area (Å²) in [5.41, 5.74) is 2.50. The molecular formula is C21H20FN7O2. The van der Waals surface area contributed by atoms with Crippen LogP contribution < -0.4 is 10.5 Å². The van der Waals surface area contributed by atoms with Crippen LogP contribution in [0.3, 0.4) is 0 Å². The number of fused-ring (bicyclic) bond motifs is 2. The number of piperidine rings is 1. The molecule has 2 atom stereocenters. The van der Waals surface area contributed by atoms with Crippen LogP contribution in [-0.4, -0.2) is 42.3 Å². The Morgan fingerprint density at radius 2 is 1.94 bits per heavy atom. The molecule has 0 spiro atoms. The maximum Gasteiger partial charge on any atom is 0.280 e. The van der Waals surface area contributed by atoms with Gasteiger partial charge < -0.3 is 14.0 Å². The number of benzene rings is 1. The van der Waals surface area contributed by atoms with Crippen LogP contribution in [0.1, 0.15) is 23.2 Å². The molecule has 1 saturated heterocycles. The van der Waals surface area contributed by atoms with Crippen molar-refractivity contribution >= 4 is 16.9 Å². The van der Waals surface area contributed by atoms with Gasteiger partial charge in [0.1, 0.15) is 18.7 Å². The zero-order chi connectivity index (χ0) is 21.3. The highest BCUT2D eigenvalue weighted by Gasteiger charge is 2.58. The molecule has 4 heterocycles. The third kappa shape index (κ3) is 2.93. The van der Waals surface area contributed by atoms with Gasteiger partial charge in [0.05, 0.1) is 6.33 Å². The van der Waals surface area contributed by atoms with Crippen molar-refractivity contribution < 1.29 is 8.91 Å². The summed E-state index contributed by atoms with van der Waals surface area (Å²) in [6.45, 7) is 3.77. The second-order valence-corrected chi connectivity index (χ2v) is 8.50. The van der Waals surface area contributed by atoms with Gasteiger partial charge in [-0.25, -0.2) is 14.4 Å². The van der Waals surface area contributed by atoms with E-state index in [-0.39, 0.29) is 23.8 Å². The number of imidazole rings is 1. The molecule has 4 aromatic rings. The van der Waals surface area contributed by atoms with Crippen molar-refractivity contribution in [2.24, 2.45) is 18.9 Å². The lowest BCUT2D eigenvalue weighted by Crippen LogP contribution is -2.24. The van der Waals surface area contributed by atoms with E-state index in [4.69, 9.17) is 4.52 Å². The molecule has 31 heavy (non-hydrogen) atoms. The van der Waals surface area contributed by atoms with E-state index in [0.717, 1.165) is 24.3 Å². The first-order valence-corrected chi connectivity index (χ1v) is 10.2. The molecule has 9 nitrogen and oxygen atoms in total. The number of hydrogen-bond donors (Lipinski definition) is 0. The van der Waals surface area contributed by atoms with Gasteiger partial charge in [0, 0.05) is 31.7 Å². The Morgan fingerprint density at radius 3 is 2.71 bits per heavy atom. The quantitative estimate of drug-likeness (QED) is 0.496. The number of rotatable bonds is 4. The van der Waals surface area contributed by atoms with Gasteiger partial charge in [0.15, 0.2) is 17.0 Å². The van der Waals surface area contributed by atoms with Gasteiger partial charge in [-0.15, -0.1) is 0 Å². The lowest BCUT2D eigenvalue weighted by atomic mass is 10.2. The first-order chi connectivity index (χ1) is 15.0. The van der Waals surface area contributed by atoms with Gasteiger partial charge in [-0.2, -0.15) is 4.98 Å². The zero-order valence-electron chi connectivity index (χ0n) is 17.1. The Kier molecular flexibility index (Phi) is 3.80. The minimum Gasteiger partial charge on any atom is -0.371 e. The van der Waals surface area contributed by atoms with E-state index in [1.807, 2.05) is 13.0 Å². The van der Waals surface area contributed by atoms with Gasteiger partial charge in [0.25, 0.3) is 5.56 Å². The molecule has 158 valence electrons. The van der Waals surface area contributed by atoms with E-state index in [0.29, 0.717) is 34.7 Å². The first kappa shape index (κ1) is 18.2. The van der Waals surface area contributed by atoms with Crippen molar-refractivity contribution in [2.45, 2.75) is 19.4 Å². The molecule has 2 unspecified atom stereocenters. The van der Waals surface area contributed by atoms with E-state index in [2.05, 4.69) is 25.0 Å². The zero-order valence-corrected chi connectivity index (χ0v) is 17.1. The number of nitrogens with zero attached hydrogens (tertiary/aromatic N) is 7. The molecule has 1 aromatic carbocycles. The molecule has 2 aliphatic rings. The fourth-order valence-electron chi connectivity index (χ4n) is 4.82. The van der Waals surface area contributed by atoms with Crippen molar-refractivity contribution in [3.05, 3.63) is 64.3 Å². The Bertz CT molecular complexity index is 1340. The Labute approximate surface area is 176 Å². The van der Waals surface area contributed by atoms with Gasteiger partial charge in [-0.05, 0) is 42.5 Å². The van der Waals surface area contributed by atoms with Gasteiger partial charge in [-0.1, -0.05) is 5.16 Å². The minimum absolute atomic E-state index is 0.163. The summed E-state index contributed by atoms with van der Waals surface area (Å²) in [6.07, 6.45) is 3.01. The van der Waals surface area contributed by atoms with Gasteiger partial charge in [-0.3, -0.25) is 9.36 Å². The highest BCUT2D eigenvalue weighted by atomic mass is 19.1. The van der Waals surface area contributed by atoms with Gasteiger partial charge >= 0.3 is 0 Å². The summed E-state index contributed by atoms with van der Waals surface area (Å²) in [6, 6.07) is 5.14. The normalized spacial score (nSPS) is 22.3. The molecule has 1 aliphatic heterocycles. The van der Waals surface area contributed by atoms with Crippen molar-refractivity contribution in [3.63, 3.8) is 0 Å². The second kappa shape index (κ2) is 6.47. The van der Waals surface area contributed by atoms with Crippen LogP contribution in [0, 0.1) is 24.6 Å². The fraction of sp³-hybridized carbons (Fsp3) is 0.381. The molecular weight excluding hydrogens is 401 g/mol. The van der Waals surface area contributed by atoms with Crippen LogP contribution in [0.25, 0.3) is 11.2 Å². The average Bonchev–Trinajstić information content (AvgIpc) is 3.15. The smallest absolute Gasteiger partial charge is 0.280 e. The number of hydrogen-bond acceptors (Lipinski definition) is 7. The van der Waals surface area contributed by atoms with Crippen LogP contribution in [0.2, 0.25) is 0 Å². The topological polar surface area (TPSA) is 94.9 Å². The highest BCUT2D eigenvalue weighted by molar-refractivity contribution is 5.68. The standard InChI is InChI=1S/C21H20FN7O2/c1-11-3-12(22)5-13(4-11)28-6-14-15(7-28)17(14)19-25-16(31-26-19)8-29-10-24-20-18(21(29)30)27(2)9-23-20/h3-5,9-10,14-15,17H,6-8H2,1-2H3. The van der Waals surface area contributed by atoms with Crippen LogP contribution in [-0.2, 0) is 13.6 Å². The van der Waals surface area contributed by atoms with E-state index < -0.39 is 0 Å². The molecule has 10 heteroatoms. The summed E-state index contributed by atoms with van der Waals surface area (Å²) in [5.74, 6) is 1.97. The maximum atomic E-state index is 13.7. The summed E-state index contributed by atoms with van der Waals surface area (Å²) in [5, 5.41) is 4.16. The minimum atomic E-state index is -0.205. The molecule has 1 aliphatic carbocycles. The van der Waals surface area contributed by atoms with Crippen molar-refractivity contribution in [3.8, 4) is 0 Å². The first-order valence-electron chi connectivity index (χ1n) is 10.2. The third-order valence-corrected chi connectivity index (χ3v) is 6.37. The molecule has 3 aromatic heterocycles. The SMILES string of the molecule is Cc1cc(F)cc(N2CC3C(C2)C3c2noc(Cn3cnc4ncn(C)c4c3=O)n2)c1. The number of aryl methyl sites for hydroxylation is 2. The van der Waals surface area contributed by atoms with Gasteiger partial charge in [0.2, 0.25) is 5.89 Å². The summed E-state index contributed by atoms with van der Waals surface area (Å²) >= 11 is 0. The average molecular weight is 421 g/mol. The summed E-state index contributed by atoms with van der Waals surface area (Å²) < 4.78 is 22.3. The summed E-state index contributed by atoms with van der Waals surface area (Å²) in [7, 11) is 1.76. The van der Waals surface area contributed by atoms with Crippen molar-refractivity contribution in [1.82, 2.24) is 29.2 Å². The molecule has 6 rings (SSSR count). The molecule has 0 bridgehead atoms. The lowest BCUT2D eigenvalue weighted by Gasteiger charge is -2.22. The number of anilines is 1. The maximum absolute atomic E-state index is 13.7. The predicted octanol–water partition coefficient (Wildman–Crippen LogP) is 1.86. The highest BCUT2D eigenvalue weighted by Crippen LogP contribution is 2.57. The van der Waals surface area contributed by atoms with Crippen LogP contribution in [0.5, 0.6) is 0 Å². The van der Waals surface area contributed by atoms with E-state index in [1.165, 1.54) is 17.0 Å². The molecule has 0 amide bonds. The fourth-order valence-corrected chi connectivity index (χ4v) is 4.82. The van der Waals surface area contributed by atoms with Crippen molar-refractivity contribution in [1.29, 1.82) is 0 Å². The largest absolute Gasteiger partial charge is 0.371 e. The number of halogens is 1. The Balaban J connectivity index is 1.17. The van der Waals surface area contributed by atoms with E-state index in [1.54, 1.807) is 24.0 Å². The summed E-state index contributed by atoms with van der Waals surface area (Å²) in [4.78, 5) is 27.8. The Hall–Kier alpha value is -3.56.